The van der Waals surface area contributed by atoms with Gasteiger partial charge in [-0.1, -0.05) is 17.7 Å². The molecule has 0 aromatic carbocycles. The zero-order chi connectivity index (χ0) is 11.3. The van der Waals surface area contributed by atoms with Crippen molar-refractivity contribution >= 4 is 17.6 Å². The van der Waals surface area contributed by atoms with Gasteiger partial charge in [-0.15, -0.1) is 0 Å². The lowest BCUT2D eigenvalue weighted by Gasteiger charge is -2.10. The number of esters is 1. The highest BCUT2D eigenvalue weighted by atomic mass is 35.5. The number of pyridine rings is 1. The Kier molecular flexibility index (Phi) is 4.52. The normalized spacial score (nSPS) is 12.2. The number of aromatic nitrogens is 1. The van der Waals surface area contributed by atoms with E-state index in [1.165, 1.54) is 6.20 Å². The van der Waals surface area contributed by atoms with E-state index >= 15 is 0 Å². The van der Waals surface area contributed by atoms with Crippen molar-refractivity contribution in [2.24, 2.45) is 0 Å². The number of aliphatic hydroxyl groups excluding tert-OH is 1. The highest BCUT2D eigenvalue weighted by molar-refractivity contribution is 6.30. The van der Waals surface area contributed by atoms with Crippen molar-refractivity contribution in [3.63, 3.8) is 0 Å². The number of nitrogens with zero attached hydrogens (tertiary/aromatic N) is 1. The quantitative estimate of drug-likeness (QED) is 0.631. The second-order valence-corrected chi connectivity index (χ2v) is 3.27. The summed E-state index contributed by atoms with van der Waals surface area (Å²) in [5.74, 6) is -0.454. The van der Waals surface area contributed by atoms with E-state index in [0.717, 1.165) is 0 Å². The molecule has 15 heavy (non-hydrogen) atoms. The predicted molar refractivity (Wildman–Crippen MR) is 55.5 cm³/mol. The van der Waals surface area contributed by atoms with Gasteiger partial charge in [0.15, 0.2) is 0 Å². The molecule has 82 valence electrons. The molecule has 1 rings (SSSR count). The van der Waals surface area contributed by atoms with Crippen molar-refractivity contribution in [2.75, 3.05) is 6.61 Å². The summed E-state index contributed by atoms with van der Waals surface area (Å²) >= 11 is 5.76. The summed E-state index contributed by atoms with van der Waals surface area (Å²) in [6.45, 7) is 2.01. The number of hydrogen-bond donors (Lipinski definition) is 1. The highest BCUT2D eigenvalue weighted by Crippen LogP contribution is 2.22. The van der Waals surface area contributed by atoms with Gasteiger partial charge in [-0.25, -0.2) is 4.98 Å². The molecule has 0 bridgehead atoms. The molecule has 0 spiro atoms. The minimum atomic E-state index is -0.967. The van der Waals surface area contributed by atoms with Crippen molar-refractivity contribution in [2.45, 2.75) is 19.4 Å². The summed E-state index contributed by atoms with van der Waals surface area (Å²) in [4.78, 5) is 14.9. The predicted octanol–water partition coefficient (Wildman–Crippen LogP) is 1.72. The maximum atomic E-state index is 11.1. The van der Waals surface area contributed by atoms with Gasteiger partial charge in [0.2, 0.25) is 0 Å². The molecule has 1 N–H and O–H groups in total. The van der Waals surface area contributed by atoms with E-state index in [9.17, 15) is 9.90 Å². The van der Waals surface area contributed by atoms with E-state index < -0.39 is 12.1 Å². The molecule has 0 radical (unpaired) electrons. The van der Waals surface area contributed by atoms with Crippen LogP contribution in [0.5, 0.6) is 0 Å². The number of ether oxygens (including phenoxy) is 1. The number of aliphatic hydroxyl groups is 1. The molecular weight excluding hydrogens is 218 g/mol. The van der Waals surface area contributed by atoms with Crippen LogP contribution in [0.15, 0.2) is 18.3 Å². The fourth-order valence-corrected chi connectivity index (χ4v) is 1.38. The SMILES string of the molecule is CCOC(=O)C[C@@H](O)c1cccnc1Cl. The van der Waals surface area contributed by atoms with Crippen LogP contribution in [0.2, 0.25) is 5.15 Å². The zero-order valence-corrected chi connectivity index (χ0v) is 9.07. The molecule has 1 aromatic heterocycles. The molecule has 0 unspecified atom stereocenters. The summed E-state index contributed by atoms with van der Waals surface area (Å²) in [5, 5.41) is 9.88. The summed E-state index contributed by atoms with van der Waals surface area (Å²) in [6, 6.07) is 3.27. The van der Waals surface area contributed by atoms with Gasteiger partial charge in [0, 0.05) is 11.8 Å². The number of rotatable bonds is 4. The van der Waals surface area contributed by atoms with Crippen LogP contribution in [0.1, 0.15) is 25.0 Å². The molecular formula is C10H12ClNO3. The van der Waals surface area contributed by atoms with Gasteiger partial charge < -0.3 is 9.84 Å². The molecule has 1 aromatic rings. The Morgan fingerprint density at radius 1 is 1.73 bits per heavy atom. The second kappa shape index (κ2) is 5.68. The fraction of sp³-hybridized carbons (Fsp3) is 0.400. The lowest BCUT2D eigenvalue weighted by molar-refractivity contribution is -0.145. The summed E-state index contributed by atoms with van der Waals surface area (Å²) in [7, 11) is 0. The smallest absolute Gasteiger partial charge is 0.308 e. The monoisotopic (exact) mass is 229 g/mol. The van der Waals surface area contributed by atoms with Crippen molar-refractivity contribution in [1.82, 2.24) is 4.98 Å². The van der Waals surface area contributed by atoms with E-state index in [-0.39, 0.29) is 11.6 Å². The third kappa shape index (κ3) is 3.49. The van der Waals surface area contributed by atoms with Crippen LogP contribution < -0.4 is 0 Å². The molecule has 1 atom stereocenters. The van der Waals surface area contributed by atoms with E-state index in [2.05, 4.69) is 4.98 Å². The average Bonchev–Trinajstić information content (AvgIpc) is 2.18. The molecule has 1 heterocycles. The van der Waals surface area contributed by atoms with Crippen LogP contribution in [-0.4, -0.2) is 22.7 Å². The summed E-state index contributed by atoms with van der Waals surface area (Å²) in [6.07, 6.45) is 0.438. The third-order valence-electron chi connectivity index (χ3n) is 1.81. The maximum absolute atomic E-state index is 11.1. The van der Waals surface area contributed by atoms with Crippen molar-refractivity contribution in [3.8, 4) is 0 Å². The first kappa shape index (κ1) is 11.9. The molecule has 0 aliphatic heterocycles. The van der Waals surface area contributed by atoms with Crippen LogP contribution >= 0.6 is 11.6 Å². The zero-order valence-electron chi connectivity index (χ0n) is 8.31. The van der Waals surface area contributed by atoms with Gasteiger partial charge in [0.1, 0.15) is 5.15 Å². The summed E-state index contributed by atoms with van der Waals surface area (Å²) in [5.41, 5.74) is 0.437. The Bertz CT molecular complexity index is 343. The first-order valence-electron chi connectivity index (χ1n) is 4.59. The Balaban J connectivity index is 2.65. The fourth-order valence-electron chi connectivity index (χ4n) is 1.13. The third-order valence-corrected chi connectivity index (χ3v) is 2.13. The second-order valence-electron chi connectivity index (χ2n) is 2.91. The van der Waals surface area contributed by atoms with Crippen LogP contribution in [0.3, 0.4) is 0 Å². The number of hydrogen-bond acceptors (Lipinski definition) is 4. The number of carbonyl (C=O) groups is 1. The molecule has 5 heteroatoms. The van der Waals surface area contributed by atoms with Crippen molar-refractivity contribution < 1.29 is 14.6 Å². The minimum Gasteiger partial charge on any atom is -0.466 e. The van der Waals surface area contributed by atoms with Crippen molar-refractivity contribution in [1.29, 1.82) is 0 Å². The maximum Gasteiger partial charge on any atom is 0.308 e. The van der Waals surface area contributed by atoms with Gasteiger partial charge in [-0.2, -0.15) is 0 Å². The molecule has 0 aliphatic carbocycles. The van der Waals surface area contributed by atoms with Crippen LogP contribution in [0, 0.1) is 0 Å². The van der Waals surface area contributed by atoms with Gasteiger partial charge >= 0.3 is 5.97 Å². The van der Waals surface area contributed by atoms with E-state index in [0.29, 0.717) is 12.2 Å². The van der Waals surface area contributed by atoms with Crippen LogP contribution in [-0.2, 0) is 9.53 Å². The lowest BCUT2D eigenvalue weighted by Crippen LogP contribution is -2.10. The summed E-state index contributed by atoms with van der Waals surface area (Å²) < 4.78 is 4.71. The topological polar surface area (TPSA) is 59.4 Å². The largest absolute Gasteiger partial charge is 0.466 e. The van der Waals surface area contributed by atoms with Crippen molar-refractivity contribution in [3.05, 3.63) is 29.0 Å². The molecule has 0 saturated carbocycles. The van der Waals surface area contributed by atoms with Crippen LogP contribution in [0.4, 0.5) is 0 Å². The van der Waals surface area contributed by atoms with E-state index in [1.54, 1.807) is 19.1 Å². The standard InChI is InChI=1S/C10H12ClNO3/c1-2-15-9(14)6-8(13)7-4-3-5-12-10(7)11/h3-5,8,13H,2,6H2,1H3/t8-/m1/s1. The van der Waals surface area contributed by atoms with E-state index in [1.807, 2.05) is 0 Å². The Morgan fingerprint density at radius 2 is 2.47 bits per heavy atom. The molecule has 0 saturated heterocycles. The van der Waals surface area contributed by atoms with Gasteiger partial charge in [0.25, 0.3) is 0 Å². The van der Waals surface area contributed by atoms with Gasteiger partial charge in [-0.3, -0.25) is 4.79 Å². The molecule has 0 fully saturated rings. The first-order valence-corrected chi connectivity index (χ1v) is 4.97. The average molecular weight is 230 g/mol. The number of halogens is 1. The number of carbonyl (C=O) groups excluding carboxylic acids is 1. The first-order chi connectivity index (χ1) is 7.15. The Labute approximate surface area is 92.8 Å². The Hall–Kier alpha value is -1.13. The highest BCUT2D eigenvalue weighted by Gasteiger charge is 2.16. The molecule has 0 amide bonds. The van der Waals surface area contributed by atoms with Crippen LogP contribution in [0.25, 0.3) is 0 Å². The van der Waals surface area contributed by atoms with E-state index in [4.69, 9.17) is 16.3 Å². The Morgan fingerprint density at radius 3 is 3.07 bits per heavy atom. The molecule has 4 nitrogen and oxygen atoms in total. The lowest BCUT2D eigenvalue weighted by atomic mass is 10.1. The minimum absolute atomic E-state index is 0.112. The van der Waals surface area contributed by atoms with Gasteiger partial charge in [0.05, 0.1) is 19.1 Å². The van der Waals surface area contributed by atoms with Gasteiger partial charge in [-0.05, 0) is 13.0 Å². The molecule has 0 aliphatic rings.